The summed E-state index contributed by atoms with van der Waals surface area (Å²) in [4.78, 5) is 9.67. The fraction of sp³-hybridized carbons (Fsp3) is 0.800. The lowest BCUT2D eigenvalue weighted by Crippen LogP contribution is -2.38. The van der Waals surface area contributed by atoms with Gasteiger partial charge < -0.3 is 15.2 Å². The number of rotatable bonds is 4. The Balaban J connectivity index is 3.17. The third-order valence-corrected chi connectivity index (χ3v) is 0.878. The summed E-state index contributed by atoms with van der Waals surface area (Å²) in [5.41, 5.74) is 0. The SMILES string of the molecule is C[N+](C)([O-])CCNC=O. The lowest BCUT2D eigenvalue weighted by Gasteiger charge is -2.33. The number of carbonyl (C=O) groups excluding carboxylic acids is 1. The highest BCUT2D eigenvalue weighted by molar-refractivity contribution is 5.45. The smallest absolute Gasteiger partial charge is 0.207 e. The van der Waals surface area contributed by atoms with Crippen molar-refractivity contribution in [3.63, 3.8) is 0 Å². The minimum atomic E-state index is -0.360. The van der Waals surface area contributed by atoms with Gasteiger partial charge >= 0.3 is 0 Å². The molecule has 0 aromatic carbocycles. The number of nitrogens with one attached hydrogen (secondary N) is 1. The van der Waals surface area contributed by atoms with Crippen LogP contribution in [0.5, 0.6) is 0 Å². The first-order valence-corrected chi connectivity index (χ1v) is 2.77. The van der Waals surface area contributed by atoms with Crippen molar-refractivity contribution in [1.29, 1.82) is 0 Å². The zero-order valence-corrected chi connectivity index (χ0v) is 5.76. The predicted octanol–water partition coefficient (Wildman–Crippen LogP) is -0.693. The maximum absolute atomic E-state index is 10.8. The van der Waals surface area contributed by atoms with Gasteiger partial charge in [0, 0.05) is 0 Å². The lowest BCUT2D eigenvalue weighted by atomic mass is 10.6. The second kappa shape index (κ2) is 3.42. The van der Waals surface area contributed by atoms with Crippen LogP contribution in [-0.2, 0) is 4.79 Å². The standard InChI is InChI=1S/C5H12N2O2/c1-7(2,9)4-3-6-5-8/h5H,3-4H2,1-2H3,(H,6,8). The fourth-order valence-corrected chi connectivity index (χ4v) is 0.393. The monoisotopic (exact) mass is 132 g/mol. The fourth-order valence-electron chi connectivity index (χ4n) is 0.393. The Labute approximate surface area is 54.6 Å². The Kier molecular flexibility index (Phi) is 3.19. The summed E-state index contributed by atoms with van der Waals surface area (Å²) >= 11 is 0. The van der Waals surface area contributed by atoms with Crippen molar-refractivity contribution in [2.75, 3.05) is 27.2 Å². The molecule has 4 heteroatoms. The van der Waals surface area contributed by atoms with Crippen molar-refractivity contribution in [3.05, 3.63) is 5.21 Å². The highest BCUT2D eigenvalue weighted by Gasteiger charge is 1.97. The maximum atomic E-state index is 10.8. The van der Waals surface area contributed by atoms with Crippen LogP contribution in [0.4, 0.5) is 0 Å². The molecule has 54 valence electrons. The van der Waals surface area contributed by atoms with E-state index in [0.717, 1.165) is 0 Å². The van der Waals surface area contributed by atoms with E-state index in [-0.39, 0.29) is 4.65 Å². The third kappa shape index (κ3) is 7.39. The van der Waals surface area contributed by atoms with Crippen molar-refractivity contribution >= 4 is 6.41 Å². The van der Waals surface area contributed by atoms with Crippen molar-refractivity contribution in [3.8, 4) is 0 Å². The van der Waals surface area contributed by atoms with Gasteiger partial charge in [-0.3, -0.25) is 4.79 Å². The second-order valence-corrected chi connectivity index (χ2v) is 2.37. The molecule has 0 radical (unpaired) electrons. The summed E-state index contributed by atoms with van der Waals surface area (Å²) in [6, 6.07) is 0. The Bertz CT molecular complexity index is 87.4. The molecular formula is C5H12N2O2. The third-order valence-electron chi connectivity index (χ3n) is 0.878. The van der Waals surface area contributed by atoms with E-state index in [1.54, 1.807) is 0 Å². The molecule has 9 heavy (non-hydrogen) atoms. The van der Waals surface area contributed by atoms with E-state index in [0.29, 0.717) is 19.5 Å². The van der Waals surface area contributed by atoms with Crippen LogP contribution in [0.1, 0.15) is 0 Å². The van der Waals surface area contributed by atoms with Crippen molar-refractivity contribution in [2.24, 2.45) is 0 Å². The molecule has 0 saturated carbocycles. The van der Waals surface area contributed by atoms with Gasteiger partial charge in [-0.15, -0.1) is 0 Å². The van der Waals surface area contributed by atoms with Gasteiger partial charge in [-0.1, -0.05) is 0 Å². The van der Waals surface area contributed by atoms with Gasteiger partial charge in [0.2, 0.25) is 6.41 Å². The Hall–Kier alpha value is -0.610. The molecule has 4 nitrogen and oxygen atoms in total. The summed E-state index contributed by atoms with van der Waals surface area (Å²) in [6.45, 7) is 0.860. The maximum Gasteiger partial charge on any atom is 0.207 e. The van der Waals surface area contributed by atoms with Crippen LogP contribution in [-0.4, -0.2) is 38.2 Å². The van der Waals surface area contributed by atoms with E-state index in [1.807, 2.05) is 0 Å². The zero-order chi connectivity index (χ0) is 7.33. The molecule has 1 amide bonds. The van der Waals surface area contributed by atoms with Crippen LogP contribution in [0.3, 0.4) is 0 Å². The molecule has 0 atom stereocenters. The number of hydrogen-bond acceptors (Lipinski definition) is 2. The molecule has 0 aromatic heterocycles. The summed E-state index contributed by atoms with van der Waals surface area (Å²) in [5, 5.41) is 13.2. The van der Waals surface area contributed by atoms with Crippen LogP contribution < -0.4 is 5.32 Å². The summed E-state index contributed by atoms with van der Waals surface area (Å²) in [6.07, 6.45) is 0.593. The average molecular weight is 132 g/mol. The second-order valence-electron chi connectivity index (χ2n) is 2.37. The first-order chi connectivity index (χ1) is 4.06. The average Bonchev–Trinajstić information content (AvgIpc) is 1.63. The van der Waals surface area contributed by atoms with Crippen LogP contribution in [0, 0.1) is 5.21 Å². The Morgan fingerprint density at radius 2 is 2.22 bits per heavy atom. The molecule has 0 aliphatic carbocycles. The highest BCUT2D eigenvalue weighted by atomic mass is 16.5. The Morgan fingerprint density at radius 3 is 2.56 bits per heavy atom. The van der Waals surface area contributed by atoms with Crippen molar-refractivity contribution < 1.29 is 9.44 Å². The molecule has 0 fully saturated rings. The van der Waals surface area contributed by atoms with Crippen LogP contribution >= 0.6 is 0 Å². The van der Waals surface area contributed by atoms with Gasteiger partial charge in [0.1, 0.15) is 0 Å². The number of hydrogen-bond donors (Lipinski definition) is 1. The van der Waals surface area contributed by atoms with E-state index >= 15 is 0 Å². The molecule has 0 spiro atoms. The minimum Gasteiger partial charge on any atom is -0.633 e. The van der Waals surface area contributed by atoms with E-state index in [2.05, 4.69) is 5.32 Å². The zero-order valence-electron chi connectivity index (χ0n) is 5.76. The summed E-state index contributed by atoms with van der Waals surface area (Å²) in [5.74, 6) is 0. The lowest BCUT2D eigenvalue weighted by molar-refractivity contribution is -0.838. The number of nitrogens with zero attached hydrogens (tertiary/aromatic N) is 1. The Morgan fingerprint density at radius 1 is 1.67 bits per heavy atom. The van der Waals surface area contributed by atoms with Crippen LogP contribution in [0.15, 0.2) is 0 Å². The first-order valence-electron chi connectivity index (χ1n) is 2.77. The van der Waals surface area contributed by atoms with E-state index in [4.69, 9.17) is 0 Å². The quantitative estimate of drug-likeness (QED) is 0.238. The summed E-state index contributed by atoms with van der Waals surface area (Å²) in [7, 11) is 3.07. The highest BCUT2D eigenvalue weighted by Crippen LogP contribution is 1.87. The molecule has 0 aliphatic heterocycles. The van der Waals surface area contributed by atoms with Gasteiger partial charge in [-0.2, -0.15) is 0 Å². The number of carbonyl (C=O) groups is 1. The largest absolute Gasteiger partial charge is 0.633 e. The van der Waals surface area contributed by atoms with Gasteiger partial charge in [-0.25, -0.2) is 0 Å². The number of quaternary nitrogens is 1. The molecule has 0 unspecified atom stereocenters. The number of amides is 1. The molecule has 0 saturated heterocycles. The summed E-state index contributed by atoms with van der Waals surface area (Å²) < 4.78 is -0.360. The predicted molar refractivity (Wildman–Crippen MR) is 34.4 cm³/mol. The molecule has 0 bridgehead atoms. The molecular weight excluding hydrogens is 120 g/mol. The first kappa shape index (κ1) is 8.39. The molecule has 1 N–H and O–H groups in total. The molecule has 0 heterocycles. The molecule has 0 aliphatic rings. The van der Waals surface area contributed by atoms with E-state index < -0.39 is 0 Å². The van der Waals surface area contributed by atoms with Gasteiger partial charge in [0.15, 0.2) is 0 Å². The minimum absolute atomic E-state index is 0.360. The topological polar surface area (TPSA) is 52.2 Å². The van der Waals surface area contributed by atoms with Crippen LogP contribution in [0.2, 0.25) is 0 Å². The van der Waals surface area contributed by atoms with Crippen molar-refractivity contribution in [2.45, 2.75) is 0 Å². The van der Waals surface area contributed by atoms with Gasteiger partial charge in [0.25, 0.3) is 0 Å². The molecule has 0 aromatic rings. The van der Waals surface area contributed by atoms with E-state index in [9.17, 15) is 10.0 Å². The van der Waals surface area contributed by atoms with Gasteiger partial charge in [-0.05, 0) is 0 Å². The number of hydroxylamine groups is 3. The van der Waals surface area contributed by atoms with Crippen molar-refractivity contribution in [1.82, 2.24) is 5.32 Å². The normalized spacial score (nSPS) is 11.0. The van der Waals surface area contributed by atoms with Crippen LogP contribution in [0.25, 0.3) is 0 Å². The van der Waals surface area contributed by atoms with E-state index in [1.165, 1.54) is 14.1 Å². The number of likely N-dealkylation sites (N-methyl/N-ethyl adjacent to an activating group) is 1. The van der Waals surface area contributed by atoms with Gasteiger partial charge in [0.05, 0.1) is 27.2 Å². The molecule has 0 rings (SSSR count).